The fraction of sp³-hybridized carbons (Fsp3) is 0.880. The van der Waals surface area contributed by atoms with Crippen molar-refractivity contribution < 1.29 is 19.0 Å². The van der Waals surface area contributed by atoms with Crippen LogP contribution in [0.2, 0.25) is 0 Å². The van der Waals surface area contributed by atoms with Crippen LogP contribution < -0.4 is 0 Å². The average Bonchev–Trinajstić information content (AvgIpc) is 3.11. The van der Waals surface area contributed by atoms with E-state index in [0.29, 0.717) is 23.9 Å². The minimum absolute atomic E-state index is 0.0264. The lowest BCUT2D eigenvalue weighted by Gasteiger charge is -2.65. The van der Waals surface area contributed by atoms with Gasteiger partial charge < -0.3 is 14.2 Å². The van der Waals surface area contributed by atoms with Crippen molar-refractivity contribution in [3.63, 3.8) is 0 Å². The molecule has 0 aromatic heterocycles. The van der Waals surface area contributed by atoms with E-state index in [-0.39, 0.29) is 28.8 Å². The molecule has 3 unspecified atom stereocenters. The van der Waals surface area contributed by atoms with Crippen molar-refractivity contribution in [2.75, 3.05) is 27.4 Å². The molecule has 0 amide bonds. The molecule has 4 nitrogen and oxygen atoms in total. The molecule has 2 aliphatic carbocycles. The van der Waals surface area contributed by atoms with E-state index in [2.05, 4.69) is 34.6 Å². The van der Waals surface area contributed by atoms with Crippen LogP contribution in [0, 0.1) is 34.0 Å². The molecule has 7 atom stereocenters. The van der Waals surface area contributed by atoms with Gasteiger partial charge in [-0.15, -0.1) is 0 Å². The quantitative estimate of drug-likeness (QED) is 0.531. The van der Waals surface area contributed by atoms with Crippen LogP contribution in [0.4, 0.5) is 0 Å². The standard InChI is InChI=1S/C25H42O4/c1-8-23(3)12-9-19-24(4,13-10-21(28-7)25(19,5)16-27-6)20(23)15-17(2)18-11-14-29-22(18)26/h11,17,19-21H,8-10,12-16H2,1-7H3/t17?,19?,20-,21?,23-,24-,25-/m0/s1. The van der Waals surface area contributed by atoms with Crippen LogP contribution in [0.1, 0.15) is 73.1 Å². The molecule has 4 heteroatoms. The molecular formula is C25H42O4. The molecule has 3 aliphatic rings. The lowest BCUT2D eigenvalue weighted by Crippen LogP contribution is -2.61. The van der Waals surface area contributed by atoms with Crippen molar-refractivity contribution in [1.82, 2.24) is 0 Å². The van der Waals surface area contributed by atoms with Crippen molar-refractivity contribution in [1.29, 1.82) is 0 Å². The second kappa shape index (κ2) is 8.34. The van der Waals surface area contributed by atoms with Gasteiger partial charge in [-0.05, 0) is 66.8 Å². The number of hydrogen-bond donors (Lipinski definition) is 0. The van der Waals surface area contributed by atoms with Gasteiger partial charge >= 0.3 is 5.97 Å². The second-order valence-corrected chi connectivity index (χ2v) is 10.8. The largest absolute Gasteiger partial charge is 0.458 e. The maximum atomic E-state index is 12.2. The van der Waals surface area contributed by atoms with Crippen molar-refractivity contribution in [2.24, 2.45) is 34.0 Å². The fourth-order valence-corrected chi connectivity index (χ4v) is 7.57. The van der Waals surface area contributed by atoms with E-state index >= 15 is 0 Å². The third kappa shape index (κ3) is 3.69. The molecule has 0 N–H and O–H groups in total. The van der Waals surface area contributed by atoms with E-state index in [1.54, 1.807) is 0 Å². The summed E-state index contributed by atoms with van der Waals surface area (Å²) in [6.45, 7) is 13.2. The number of rotatable bonds is 7. The summed E-state index contributed by atoms with van der Waals surface area (Å²) in [6, 6.07) is 0. The molecule has 3 rings (SSSR count). The van der Waals surface area contributed by atoms with Gasteiger partial charge in [0, 0.05) is 25.2 Å². The summed E-state index contributed by atoms with van der Waals surface area (Å²) in [5.41, 5.74) is 1.44. The van der Waals surface area contributed by atoms with Gasteiger partial charge in [-0.2, -0.15) is 0 Å². The Morgan fingerprint density at radius 1 is 1.21 bits per heavy atom. The van der Waals surface area contributed by atoms with Crippen LogP contribution in [0.15, 0.2) is 11.6 Å². The van der Waals surface area contributed by atoms with Crippen LogP contribution >= 0.6 is 0 Å². The van der Waals surface area contributed by atoms with Crippen LogP contribution in [0.3, 0.4) is 0 Å². The number of hydrogen-bond acceptors (Lipinski definition) is 4. The number of carbonyl (C=O) groups is 1. The van der Waals surface area contributed by atoms with Crippen molar-refractivity contribution in [2.45, 2.75) is 79.2 Å². The van der Waals surface area contributed by atoms with Crippen LogP contribution in [0.25, 0.3) is 0 Å². The Bertz CT molecular complexity index is 643. The Morgan fingerprint density at radius 3 is 2.48 bits per heavy atom. The maximum absolute atomic E-state index is 12.2. The Hall–Kier alpha value is -0.870. The van der Waals surface area contributed by atoms with Gasteiger partial charge in [0.05, 0.1) is 12.7 Å². The van der Waals surface area contributed by atoms with Gasteiger partial charge in [0.1, 0.15) is 6.61 Å². The monoisotopic (exact) mass is 406 g/mol. The Balaban J connectivity index is 1.96. The smallest absolute Gasteiger partial charge is 0.334 e. The van der Waals surface area contributed by atoms with Gasteiger partial charge in [0.15, 0.2) is 0 Å². The highest BCUT2D eigenvalue weighted by Crippen LogP contribution is 2.66. The molecule has 1 aliphatic heterocycles. The van der Waals surface area contributed by atoms with Crippen molar-refractivity contribution >= 4 is 5.97 Å². The van der Waals surface area contributed by atoms with Gasteiger partial charge in [-0.25, -0.2) is 4.79 Å². The molecule has 29 heavy (non-hydrogen) atoms. The Morgan fingerprint density at radius 2 is 1.93 bits per heavy atom. The molecule has 2 fully saturated rings. The zero-order chi connectivity index (χ0) is 21.4. The van der Waals surface area contributed by atoms with E-state index in [1.165, 1.54) is 25.7 Å². The first-order chi connectivity index (χ1) is 13.7. The van der Waals surface area contributed by atoms with E-state index in [1.807, 2.05) is 20.3 Å². The van der Waals surface area contributed by atoms with Crippen LogP contribution in [-0.4, -0.2) is 39.5 Å². The third-order valence-electron chi connectivity index (χ3n) is 9.34. The normalized spacial score (nSPS) is 43.5. The second-order valence-electron chi connectivity index (χ2n) is 10.8. The average molecular weight is 407 g/mol. The zero-order valence-corrected chi connectivity index (χ0v) is 19.7. The number of ether oxygens (including phenoxy) is 3. The van der Waals surface area contributed by atoms with Crippen LogP contribution in [-0.2, 0) is 19.0 Å². The third-order valence-corrected chi connectivity index (χ3v) is 9.34. The summed E-state index contributed by atoms with van der Waals surface area (Å²) in [7, 11) is 3.68. The number of esters is 1. The molecule has 0 bridgehead atoms. The summed E-state index contributed by atoms with van der Waals surface area (Å²) in [4.78, 5) is 12.2. The maximum Gasteiger partial charge on any atom is 0.334 e. The molecule has 0 spiro atoms. The first-order valence-electron chi connectivity index (χ1n) is 11.5. The summed E-state index contributed by atoms with van der Waals surface area (Å²) in [5, 5.41) is 0. The highest BCUT2D eigenvalue weighted by atomic mass is 16.5. The van der Waals surface area contributed by atoms with Crippen molar-refractivity contribution in [3.05, 3.63) is 11.6 Å². The van der Waals surface area contributed by atoms with Gasteiger partial charge in [-0.1, -0.05) is 41.0 Å². The van der Waals surface area contributed by atoms with E-state index in [4.69, 9.17) is 14.2 Å². The number of methoxy groups -OCH3 is 2. The molecular weight excluding hydrogens is 364 g/mol. The lowest BCUT2D eigenvalue weighted by atomic mass is 9.41. The highest BCUT2D eigenvalue weighted by Gasteiger charge is 2.61. The minimum Gasteiger partial charge on any atom is -0.458 e. The Kier molecular flexibility index (Phi) is 6.56. The lowest BCUT2D eigenvalue weighted by molar-refractivity contribution is -0.201. The topological polar surface area (TPSA) is 44.8 Å². The SMILES string of the molecule is CC[C@@]1(C)CCC2[C@](C)(COC)C(OC)CC[C@]2(C)[C@H]1CC(C)C1=CCOC1=O. The predicted octanol–water partition coefficient (Wildman–Crippen LogP) is 5.41. The van der Waals surface area contributed by atoms with Gasteiger partial charge in [0.25, 0.3) is 0 Å². The number of cyclic esters (lactones) is 1. The summed E-state index contributed by atoms with van der Waals surface area (Å²) in [6.07, 6.45) is 9.22. The highest BCUT2D eigenvalue weighted by molar-refractivity contribution is 5.90. The number of fused-ring (bicyclic) bond motifs is 1. The van der Waals surface area contributed by atoms with Crippen molar-refractivity contribution in [3.8, 4) is 0 Å². The number of carbonyl (C=O) groups excluding carboxylic acids is 1. The van der Waals surface area contributed by atoms with E-state index < -0.39 is 0 Å². The van der Waals surface area contributed by atoms with E-state index in [0.717, 1.165) is 25.0 Å². The molecule has 1 heterocycles. The first-order valence-corrected chi connectivity index (χ1v) is 11.5. The zero-order valence-electron chi connectivity index (χ0n) is 19.7. The summed E-state index contributed by atoms with van der Waals surface area (Å²) in [5.74, 6) is 1.26. The molecule has 0 aromatic rings. The van der Waals surface area contributed by atoms with Gasteiger partial charge in [-0.3, -0.25) is 0 Å². The van der Waals surface area contributed by atoms with E-state index in [9.17, 15) is 4.79 Å². The molecule has 0 aromatic carbocycles. The fourth-order valence-electron chi connectivity index (χ4n) is 7.57. The minimum atomic E-state index is -0.111. The molecule has 0 saturated heterocycles. The predicted molar refractivity (Wildman–Crippen MR) is 116 cm³/mol. The first kappa shape index (κ1) is 22.8. The molecule has 0 radical (unpaired) electrons. The molecule has 166 valence electrons. The van der Waals surface area contributed by atoms with Crippen LogP contribution in [0.5, 0.6) is 0 Å². The van der Waals surface area contributed by atoms with Gasteiger partial charge in [0.2, 0.25) is 0 Å². The molecule has 2 saturated carbocycles. The summed E-state index contributed by atoms with van der Waals surface area (Å²) < 4.78 is 17.0. The Labute approximate surface area is 177 Å². The summed E-state index contributed by atoms with van der Waals surface area (Å²) >= 11 is 0.